The fourth-order valence-corrected chi connectivity index (χ4v) is 2.50. The highest BCUT2D eigenvalue weighted by Crippen LogP contribution is 2.34. The van der Waals surface area contributed by atoms with Crippen LogP contribution in [0.2, 0.25) is 0 Å². The molecule has 18 heavy (non-hydrogen) atoms. The SMILES string of the molecule is Nc1cccc(CN(CC2CC2)CC2CC2)c1F. The molecule has 2 fully saturated rings. The fraction of sp³-hybridized carbons (Fsp3) is 0.600. The molecule has 1 aromatic rings. The largest absolute Gasteiger partial charge is 0.396 e. The summed E-state index contributed by atoms with van der Waals surface area (Å²) in [7, 11) is 0. The summed E-state index contributed by atoms with van der Waals surface area (Å²) in [5.41, 5.74) is 6.65. The molecule has 1 aromatic carbocycles. The van der Waals surface area contributed by atoms with Crippen molar-refractivity contribution in [1.29, 1.82) is 0 Å². The number of hydrogen-bond acceptors (Lipinski definition) is 2. The van der Waals surface area contributed by atoms with Gasteiger partial charge in [0.2, 0.25) is 0 Å². The first-order chi connectivity index (χ1) is 8.72. The fourth-order valence-electron chi connectivity index (χ4n) is 2.50. The monoisotopic (exact) mass is 248 g/mol. The summed E-state index contributed by atoms with van der Waals surface area (Å²) in [6, 6.07) is 5.34. The molecule has 2 aliphatic rings. The van der Waals surface area contributed by atoms with Crippen LogP contribution in [0, 0.1) is 17.7 Å². The lowest BCUT2D eigenvalue weighted by atomic mass is 10.1. The predicted octanol–water partition coefficient (Wildman–Crippen LogP) is 3.03. The average molecular weight is 248 g/mol. The third-order valence-corrected chi connectivity index (χ3v) is 3.93. The van der Waals surface area contributed by atoms with Crippen molar-refractivity contribution in [3.05, 3.63) is 29.6 Å². The molecule has 0 unspecified atom stereocenters. The minimum atomic E-state index is -0.228. The smallest absolute Gasteiger partial charge is 0.150 e. The lowest BCUT2D eigenvalue weighted by Crippen LogP contribution is -2.28. The molecule has 0 spiro atoms. The molecular weight excluding hydrogens is 227 g/mol. The van der Waals surface area contributed by atoms with Crippen LogP contribution in [0.1, 0.15) is 31.2 Å². The van der Waals surface area contributed by atoms with Gasteiger partial charge in [0.25, 0.3) is 0 Å². The van der Waals surface area contributed by atoms with E-state index >= 15 is 0 Å². The topological polar surface area (TPSA) is 29.3 Å². The maximum absolute atomic E-state index is 13.9. The standard InChI is InChI=1S/C15H21FN2/c16-15-13(2-1-3-14(15)17)10-18(8-11-4-5-11)9-12-6-7-12/h1-3,11-12H,4-10,17H2. The molecular formula is C15H21FN2. The van der Waals surface area contributed by atoms with E-state index in [1.54, 1.807) is 6.07 Å². The molecule has 3 heteroatoms. The van der Waals surface area contributed by atoms with E-state index in [2.05, 4.69) is 4.90 Å². The lowest BCUT2D eigenvalue weighted by molar-refractivity contribution is 0.241. The van der Waals surface area contributed by atoms with Crippen LogP contribution in [0.15, 0.2) is 18.2 Å². The first kappa shape index (κ1) is 12.0. The van der Waals surface area contributed by atoms with Crippen molar-refractivity contribution in [1.82, 2.24) is 4.90 Å². The van der Waals surface area contributed by atoms with E-state index in [-0.39, 0.29) is 11.5 Å². The van der Waals surface area contributed by atoms with E-state index in [4.69, 9.17) is 5.73 Å². The zero-order chi connectivity index (χ0) is 12.5. The summed E-state index contributed by atoms with van der Waals surface area (Å²) >= 11 is 0. The van der Waals surface area contributed by atoms with Gasteiger partial charge in [-0.3, -0.25) is 4.90 Å². The third kappa shape index (κ3) is 3.02. The number of halogens is 1. The number of hydrogen-bond donors (Lipinski definition) is 1. The number of rotatable bonds is 6. The van der Waals surface area contributed by atoms with Crippen LogP contribution in [0.5, 0.6) is 0 Å². The first-order valence-corrected chi connectivity index (χ1v) is 6.97. The third-order valence-electron chi connectivity index (χ3n) is 3.93. The van der Waals surface area contributed by atoms with Crippen LogP contribution in [0.4, 0.5) is 10.1 Å². The number of nitrogens with zero attached hydrogens (tertiary/aromatic N) is 1. The van der Waals surface area contributed by atoms with Gasteiger partial charge in [0, 0.05) is 25.2 Å². The van der Waals surface area contributed by atoms with Gasteiger partial charge in [-0.25, -0.2) is 4.39 Å². The molecule has 0 atom stereocenters. The normalized spacial score (nSPS) is 19.4. The second kappa shape index (κ2) is 4.88. The number of nitrogens with two attached hydrogens (primary N) is 1. The van der Waals surface area contributed by atoms with Gasteiger partial charge in [0.1, 0.15) is 0 Å². The second-order valence-corrected chi connectivity index (χ2v) is 5.90. The Kier molecular flexibility index (Phi) is 3.25. The van der Waals surface area contributed by atoms with Crippen molar-refractivity contribution in [3.63, 3.8) is 0 Å². The molecule has 0 aliphatic heterocycles. The molecule has 0 heterocycles. The van der Waals surface area contributed by atoms with E-state index in [9.17, 15) is 4.39 Å². The van der Waals surface area contributed by atoms with Crippen molar-refractivity contribution in [2.45, 2.75) is 32.2 Å². The minimum Gasteiger partial charge on any atom is -0.396 e. The molecule has 2 aliphatic carbocycles. The van der Waals surface area contributed by atoms with E-state index in [0.29, 0.717) is 6.54 Å². The van der Waals surface area contributed by atoms with Gasteiger partial charge >= 0.3 is 0 Å². The quantitative estimate of drug-likeness (QED) is 0.784. The Morgan fingerprint density at radius 1 is 1.11 bits per heavy atom. The van der Waals surface area contributed by atoms with E-state index in [1.165, 1.54) is 25.7 Å². The molecule has 0 radical (unpaired) electrons. The van der Waals surface area contributed by atoms with Gasteiger partial charge < -0.3 is 5.73 Å². The maximum atomic E-state index is 13.9. The molecule has 98 valence electrons. The summed E-state index contributed by atoms with van der Waals surface area (Å²) in [4.78, 5) is 2.42. The van der Waals surface area contributed by atoms with Crippen molar-refractivity contribution in [2.24, 2.45) is 11.8 Å². The van der Waals surface area contributed by atoms with Crippen LogP contribution >= 0.6 is 0 Å². The Morgan fingerprint density at radius 3 is 2.28 bits per heavy atom. The summed E-state index contributed by atoms with van der Waals surface area (Å²) < 4.78 is 13.9. The number of benzene rings is 1. The molecule has 0 amide bonds. The van der Waals surface area contributed by atoms with Crippen molar-refractivity contribution >= 4 is 5.69 Å². The van der Waals surface area contributed by atoms with Crippen LogP contribution in [0.25, 0.3) is 0 Å². The number of nitrogen functional groups attached to an aromatic ring is 1. The van der Waals surface area contributed by atoms with Gasteiger partial charge in [0.15, 0.2) is 5.82 Å². The van der Waals surface area contributed by atoms with E-state index < -0.39 is 0 Å². The highest BCUT2D eigenvalue weighted by molar-refractivity contribution is 5.42. The van der Waals surface area contributed by atoms with Crippen LogP contribution in [0.3, 0.4) is 0 Å². The van der Waals surface area contributed by atoms with Crippen molar-refractivity contribution in [2.75, 3.05) is 18.8 Å². The van der Waals surface area contributed by atoms with Crippen molar-refractivity contribution in [3.8, 4) is 0 Å². The van der Waals surface area contributed by atoms with Gasteiger partial charge in [-0.05, 0) is 43.6 Å². The molecule has 0 bridgehead atoms. The molecule has 0 saturated heterocycles. The van der Waals surface area contributed by atoms with Crippen LogP contribution in [-0.2, 0) is 6.54 Å². The molecule has 2 saturated carbocycles. The Morgan fingerprint density at radius 2 is 1.72 bits per heavy atom. The average Bonchev–Trinajstić information content (AvgIpc) is 3.20. The van der Waals surface area contributed by atoms with Gasteiger partial charge in [-0.15, -0.1) is 0 Å². The molecule has 3 rings (SSSR count). The van der Waals surface area contributed by atoms with Crippen LogP contribution < -0.4 is 5.73 Å². The highest BCUT2D eigenvalue weighted by Gasteiger charge is 2.29. The molecule has 0 aromatic heterocycles. The summed E-state index contributed by atoms with van der Waals surface area (Å²) in [6.45, 7) is 2.97. The second-order valence-electron chi connectivity index (χ2n) is 5.90. The van der Waals surface area contributed by atoms with Gasteiger partial charge in [-0.1, -0.05) is 12.1 Å². The van der Waals surface area contributed by atoms with Gasteiger partial charge in [0.05, 0.1) is 5.69 Å². The predicted molar refractivity (Wildman–Crippen MR) is 71.5 cm³/mol. The molecule has 2 N–H and O–H groups in total. The first-order valence-electron chi connectivity index (χ1n) is 6.97. The summed E-state index contributed by atoms with van der Waals surface area (Å²) in [5, 5.41) is 0. The highest BCUT2D eigenvalue weighted by atomic mass is 19.1. The zero-order valence-electron chi connectivity index (χ0n) is 10.7. The zero-order valence-corrected chi connectivity index (χ0v) is 10.7. The summed E-state index contributed by atoms with van der Waals surface area (Å²) in [5.74, 6) is 1.48. The lowest BCUT2D eigenvalue weighted by Gasteiger charge is -2.22. The van der Waals surface area contributed by atoms with Gasteiger partial charge in [-0.2, -0.15) is 0 Å². The van der Waals surface area contributed by atoms with Crippen LogP contribution in [-0.4, -0.2) is 18.0 Å². The molecule has 2 nitrogen and oxygen atoms in total. The Balaban J connectivity index is 1.67. The Bertz CT molecular complexity index is 411. The summed E-state index contributed by atoms with van der Waals surface area (Å²) in [6.07, 6.45) is 5.39. The Hall–Kier alpha value is -1.09. The minimum absolute atomic E-state index is 0.228. The number of anilines is 1. The van der Waals surface area contributed by atoms with E-state index in [1.807, 2.05) is 12.1 Å². The van der Waals surface area contributed by atoms with E-state index in [0.717, 1.165) is 30.5 Å². The maximum Gasteiger partial charge on any atom is 0.150 e. The van der Waals surface area contributed by atoms with Crippen molar-refractivity contribution < 1.29 is 4.39 Å². The Labute approximate surface area is 108 Å².